The third-order valence-electron chi connectivity index (χ3n) is 3.48. The summed E-state index contributed by atoms with van der Waals surface area (Å²) >= 11 is 12.0. The number of rotatable bonds is 4. The van der Waals surface area contributed by atoms with Crippen molar-refractivity contribution in [1.82, 2.24) is 4.72 Å². The lowest BCUT2D eigenvalue weighted by Crippen LogP contribution is -2.50. The van der Waals surface area contributed by atoms with Gasteiger partial charge in [-0.15, -0.1) is 0 Å². The SMILES string of the molecule is CC1(NS(=O)(=O)c2ccc(Cl)c(CN)c2Cl)CCC1. The molecule has 1 aromatic rings. The van der Waals surface area contributed by atoms with Gasteiger partial charge in [-0.2, -0.15) is 0 Å². The van der Waals surface area contributed by atoms with Crippen molar-refractivity contribution >= 4 is 33.2 Å². The molecule has 0 heterocycles. The van der Waals surface area contributed by atoms with Gasteiger partial charge in [0.25, 0.3) is 0 Å². The van der Waals surface area contributed by atoms with Gasteiger partial charge >= 0.3 is 0 Å². The molecule has 1 aliphatic rings. The van der Waals surface area contributed by atoms with E-state index in [0.717, 1.165) is 19.3 Å². The molecule has 106 valence electrons. The lowest BCUT2D eigenvalue weighted by atomic mass is 9.80. The minimum Gasteiger partial charge on any atom is -0.326 e. The number of hydrogen-bond donors (Lipinski definition) is 2. The van der Waals surface area contributed by atoms with Crippen LogP contribution in [0.2, 0.25) is 10.0 Å². The fraction of sp³-hybridized carbons (Fsp3) is 0.500. The van der Waals surface area contributed by atoms with Crippen molar-refractivity contribution in [3.8, 4) is 0 Å². The van der Waals surface area contributed by atoms with Crippen LogP contribution in [0.4, 0.5) is 0 Å². The van der Waals surface area contributed by atoms with Crippen LogP contribution in [0, 0.1) is 0 Å². The van der Waals surface area contributed by atoms with Crippen molar-refractivity contribution in [3.05, 3.63) is 27.7 Å². The normalized spacial score (nSPS) is 18.1. The van der Waals surface area contributed by atoms with Gasteiger partial charge in [-0.05, 0) is 38.3 Å². The van der Waals surface area contributed by atoms with Gasteiger partial charge in [0.15, 0.2) is 0 Å². The van der Waals surface area contributed by atoms with Crippen LogP contribution in [0.5, 0.6) is 0 Å². The summed E-state index contributed by atoms with van der Waals surface area (Å²) in [7, 11) is -3.65. The second kappa shape index (κ2) is 5.22. The summed E-state index contributed by atoms with van der Waals surface area (Å²) in [5, 5.41) is 0.478. The fourth-order valence-corrected chi connectivity index (χ4v) is 4.56. The van der Waals surface area contributed by atoms with E-state index in [0.29, 0.717) is 10.6 Å². The molecule has 7 heteroatoms. The molecule has 0 aromatic heterocycles. The van der Waals surface area contributed by atoms with Crippen molar-refractivity contribution in [3.63, 3.8) is 0 Å². The first-order valence-electron chi connectivity index (χ1n) is 6.00. The largest absolute Gasteiger partial charge is 0.326 e. The zero-order valence-corrected chi connectivity index (χ0v) is 12.9. The molecule has 1 fully saturated rings. The first-order chi connectivity index (χ1) is 8.79. The third kappa shape index (κ3) is 2.90. The number of hydrogen-bond acceptors (Lipinski definition) is 3. The van der Waals surface area contributed by atoms with Gasteiger partial charge in [-0.3, -0.25) is 0 Å². The molecule has 1 saturated carbocycles. The number of nitrogens with one attached hydrogen (secondary N) is 1. The Bertz CT molecular complexity index is 598. The summed E-state index contributed by atoms with van der Waals surface area (Å²) in [5.74, 6) is 0. The standard InChI is InChI=1S/C12H16Cl2N2O2S/c1-12(5-2-6-12)16-19(17,18)10-4-3-9(13)8(7-15)11(10)14/h3-4,16H,2,5-7,15H2,1H3. The topological polar surface area (TPSA) is 72.2 Å². The molecule has 2 rings (SSSR count). The monoisotopic (exact) mass is 322 g/mol. The highest BCUT2D eigenvalue weighted by molar-refractivity contribution is 7.89. The highest BCUT2D eigenvalue weighted by Crippen LogP contribution is 2.35. The molecule has 19 heavy (non-hydrogen) atoms. The van der Waals surface area contributed by atoms with Crippen molar-refractivity contribution in [2.45, 2.75) is 43.2 Å². The molecule has 1 aliphatic carbocycles. The first kappa shape index (κ1) is 15.1. The molecule has 1 aromatic carbocycles. The zero-order chi connectivity index (χ0) is 14.3. The van der Waals surface area contributed by atoms with Crippen LogP contribution in [-0.2, 0) is 16.6 Å². The Hall–Kier alpha value is -0.330. The van der Waals surface area contributed by atoms with Gasteiger partial charge in [0, 0.05) is 22.7 Å². The number of halogens is 2. The molecular formula is C12H16Cl2N2O2S. The quantitative estimate of drug-likeness (QED) is 0.895. The zero-order valence-electron chi connectivity index (χ0n) is 10.5. The van der Waals surface area contributed by atoms with Gasteiger partial charge in [0.1, 0.15) is 4.90 Å². The summed E-state index contributed by atoms with van der Waals surface area (Å²) in [4.78, 5) is 0.0344. The first-order valence-corrected chi connectivity index (χ1v) is 8.24. The molecule has 3 N–H and O–H groups in total. The van der Waals surface area contributed by atoms with Crippen LogP contribution < -0.4 is 10.5 Å². The lowest BCUT2D eigenvalue weighted by molar-refractivity contribution is 0.248. The van der Waals surface area contributed by atoms with E-state index in [4.69, 9.17) is 28.9 Å². The van der Waals surface area contributed by atoms with Crippen LogP contribution in [-0.4, -0.2) is 14.0 Å². The Kier molecular flexibility index (Phi) is 4.14. The van der Waals surface area contributed by atoms with Crippen molar-refractivity contribution in [1.29, 1.82) is 0 Å². The predicted octanol–water partition coefficient (Wildman–Crippen LogP) is 2.67. The Morgan fingerprint density at radius 3 is 2.47 bits per heavy atom. The Balaban J connectivity index is 2.41. The summed E-state index contributed by atoms with van der Waals surface area (Å²) in [6.07, 6.45) is 2.70. The van der Waals surface area contributed by atoms with Crippen LogP contribution in [0.25, 0.3) is 0 Å². The maximum atomic E-state index is 12.4. The number of nitrogens with two attached hydrogens (primary N) is 1. The van der Waals surface area contributed by atoms with Crippen LogP contribution >= 0.6 is 23.2 Å². The average molecular weight is 323 g/mol. The maximum absolute atomic E-state index is 12.4. The number of benzene rings is 1. The van der Waals surface area contributed by atoms with Crippen LogP contribution in [0.3, 0.4) is 0 Å². The van der Waals surface area contributed by atoms with E-state index in [1.165, 1.54) is 12.1 Å². The van der Waals surface area contributed by atoms with Crippen molar-refractivity contribution < 1.29 is 8.42 Å². The van der Waals surface area contributed by atoms with Crippen molar-refractivity contribution in [2.75, 3.05) is 0 Å². The van der Waals surface area contributed by atoms with E-state index in [2.05, 4.69) is 4.72 Å². The van der Waals surface area contributed by atoms with Gasteiger partial charge < -0.3 is 5.73 Å². The summed E-state index contributed by atoms with van der Waals surface area (Å²) in [6, 6.07) is 2.92. The van der Waals surface area contributed by atoms with Crippen LogP contribution in [0.15, 0.2) is 17.0 Å². The Morgan fingerprint density at radius 2 is 2.00 bits per heavy atom. The summed E-state index contributed by atoms with van der Waals surface area (Å²) < 4.78 is 27.4. The molecule has 0 radical (unpaired) electrons. The molecule has 0 bridgehead atoms. The maximum Gasteiger partial charge on any atom is 0.242 e. The van der Waals surface area contributed by atoms with E-state index in [1.807, 2.05) is 6.92 Å². The van der Waals surface area contributed by atoms with E-state index in [9.17, 15) is 8.42 Å². The van der Waals surface area contributed by atoms with Gasteiger partial charge in [0.2, 0.25) is 10.0 Å². The molecule has 0 unspecified atom stereocenters. The van der Waals surface area contributed by atoms with E-state index in [-0.39, 0.29) is 22.0 Å². The fourth-order valence-electron chi connectivity index (χ4n) is 2.16. The second-order valence-corrected chi connectivity index (χ2v) is 7.50. The second-order valence-electron chi connectivity index (χ2n) is 5.06. The molecule has 0 aliphatic heterocycles. The number of sulfonamides is 1. The predicted molar refractivity (Wildman–Crippen MR) is 76.9 cm³/mol. The highest BCUT2D eigenvalue weighted by atomic mass is 35.5. The lowest BCUT2D eigenvalue weighted by Gasteiger charge is -2.38. The van der Waals surface area contributed by atoms with E-state index in [1.54, 1.807) is 0 Å². The smallest absolute Gasteiger partial charge is 0.242 e. The van der Waals surface area contributed by atoms with Crippen molar-refractivity contribution in [2.24, 2.45) is 5.73 Å². The molecule has 0 spiro atoms. The molecule has 4 nitrogen and oxygen atoms in total. The molecular weight excluding hydrogens is 307 g/mol. The molecule has 0 atom stereocenters. The highest BCUT2D eigenvalue weighted by Gasteiger charge is 2.37. The van der Waals surface area contributed by atoms with E-state index < -0.39 is 10.0 Å². The Labute approximate surface area is 123 Å². The van der Waals surface area contributed by atoms with Gasteiger partial charge in [-0.25, -0.2) is 13.1 Å². The summed E-state index contributed by atoms with van der Waals surface area (Å²) in [5.41, 5.74) is 5.62. The molecule has 0 amide bonds. The minimum absolute atomic E-state index is 0.0344. The molecule has 0 saturated heterocycles. The van der Waals surface area contributed by atoms with Gasteiger partial charge in [-0.1, -0.05) is 23.2 Å². The Morgan fingerprint density at radius 1 is 1.37 bits per heavy atom. The van der Waals surface area contributed by atoms with Gasteiger partial charge in [0.05, 0.1) is 5.02 Å². The third-order valence-corrected chi connectivity index (χ3v) is 6.06. The van der Waals surface area contributed by atoms with E-state index >= 15 is 0 Å². The average Bonchev–Trinajstić information content (AvgIpc) is 2.26. The summed E-state index contributed by atoms with van der Waals surface area (Å²) in [6.45, 7) is 1.99. The minimum atomic E-state index is -3.65. The van der Waals surface area contributed by atoms with Crippen LogP contribution in [0.1, 0.15) is 31.7 Å².